The molecule has 6 heteroatoms. The molecule has 1 N–H and O–H groups in total. The van der Waals surface area contributed by atoms with E-state index in [4.69, 9.17) is 4.74 Å². The van der Waals surface area contributed by atoms with Crippen molar-refractivity contribution < 1.29 is 14.6 Å². The molecule has 0 spiro atoms. The second kappa shape index (κ2) is 6.65. The number of carboxylic acids is 1. The third kappa shape index (κ3) is 2.84. The summed E-state index contributed by atoms with van der Waals surface area (Å²) in [6.45, 7) is 2.21. The highest BCUT2D eigenvalue weighted by atomic mass is 32.1. The summed E-state index contributed by atoms with van der Waals surface area (Å²) in [5, 5.41) is 9.62. The molecule has 0 aliphatic heterocycles. The molecule has 0 radical (unpaired) electrons. The van der Waals surface area contributed by atoms with Gasteiger partial charge < -0.3 is 9.84 Å². The Labute approximate surface area is 154 Å². The van der Waals surface area contributed by atoms with E-state index in [2.05, 4.69) is 4.98 Å². The minimum atomic E-state index is -0.985. The number of imidazole rings is 1. The van der Waals surface area contributed by atoms with E-state index in [0.717, 1.165) is 27.3 Å². The first kappa shape index (κ1) is 16.4. The number of aromatic carboxylic acids is 1. The summed E-state index contributed by atoms with van der Waals surface area (Å²) in [4.78, 5) is 17.2. The van der Waals surface area contributed by atoms with E-state index in [1.807, 2.05) is 66.1 Å². The van der Waals surface area contributed by atoms with Gasteiger partial charge in [0.2, 0.25) is 0 Å². The van der Waals surface area contributed by atoms with Gasteiger partial charge in [0.15, 0.2) is 4.88 Å². The minimum Gasteiger partial charge on any atom is -0.487 e. The van der Waals surface area contributed by atoms with Crippen molar-refractivity contribution in [1.29, 1.82) is 0 Å². The Kier molecular flexibility index (Phi) is 4.18. The zero-order valence-corrected chi connectivity index (χ0v) is 14.9. The third-order valence-electron chi connectivity index (χ3n) is 4.16. The number of carbonyl (C=O) groups is 1. The quantitative estimate of drug-likeness (QED) is 0.560. The standard InChI is InChI=1S/C20H16N2O3S/c1-13-17(25-12-14-7-3-2-4-8-14)19(20(23)24)26-18(13)15-11-21-16-9-5-6-10-22(15)16/h2-11H,12H2,1H3,(H,23,24). The van der Waals surface area contributed by atoms with Crippen molar-refractivity contribution in [1.82, 2.24) is 9.38 Å². The van der Waals surface area contributed by atoms with Crippen molar-refractivity contribution in [2.75, 3.05) is 0 Å². The van der Waals surface area contributed by atoms with Gasteiger partial charge >= 0.3 is 5.97 Å². The van der Waals surface area contributed by atoms with Crippen LogP contribution in [0.25, 0.3) is 16.2 Å². The van der Waals surface area contributed by atoms with Crippen LogP contribution in [0.15, 0.2) is 60.9 Å². The fraction of sp³-hybridized carbons (Fsp3) is 0.100. The molecule has 0 unspecified atom stereocenters. The number of pyridine rings is 1. The maximum Gasteiger partial charge on any atom is 0.349 e. The number of thiophene rings is 1. The van der Waals surface area contributed by atoms with Crippen LogP contribution in [0.5, 0.6) is 5.75 Å². The average molecular weight is 364 g/mol. The summed E-state index contributed by atoms with van der Waals surface area (Å²) < 4.78 is 7.86. The van der Waals surface area contributed by atoms with Gasteiger partial charge in [0.25, 0.3) is 0 Å². The molecule has 5 nitrogen and oxygen atoms in total. The van der Waals surface area contributed by atoms with E-state index in [1.165, 1.54) is 11.3 Å². The smallest absolute Gasteiger partial charge is 0.349 e. The first-order chi connectivity index (χ1) is 12.6. The Morgan fingerprint density at radius 2 is 1.96 bits per heavy atom. The van der Waals surface area contributed by atoms with Crippen LogP contribution in [0, 0.1) is 6.92 Å². The molecular formula is C20H16N2O3S. The highest BCUT2D eigenvalue weighted by Crippen LogP contribution is 2.41. The van der Waals surface area contributed by atoms with E-state index in [1.54, 1.807) is 6.20 Å². The van der Waals surface area contributed by atoms with Crippen LogP contribution >= 0.6 is 11.3 Å². The maximum absolute atomic E-state index is 11.7. The normalized spacial score (nSPS) is 11.0. The lowest BCUT2D eigenvalue weighted by atomic mass is 10.2. The Balaban J connectivity index is 1.76. The number of nitrogens with zero attached hydrogens (tertiary/aromatic N) is 2. The van der Waals surface area contributed by atoms with Crippen molar-refractivity contribution in [3.05, 3.63) is 76.9 Å². The van der Waals surface area contributed by atoms with Crippen molar-refractivity contribution in [3.63, 3.8) is 0 Å². The van der Waals surface area contributed by atoms with Crippen molar-refractivity contribution >= 4 is 23.0 Å². The predicted octanol–water partition coefficient (Wildman–Crippen LogP) is 4.65. The van der Waals surface area contributed by atoms with Gasteiger partial charge in [-0.1, -0.05) is 36.4 Å². The number of hydrogen-bond donors (Lipinski definition) is 1. The van der Waals surface area contributed by atoms with Gasteiger partial charge in [-0.25, -0.2) is 9.78 Å². The molecule has 0 saturated carbocycles. The Bertz CT molecular complexity index is 1080. The van der Waals surface area contributed by atoms with Gasteiger partial charge in [-0.05, 0) is 24.6 Å². The van der Waals surface area contributed by atoms with Crippen LogP contribution in [0.1, 0.15) is 20.8 Å². The first-order valence-corrected chi connectivity index (χ1v) is 8.92. The molecule has 0 bridgehead atoms. The number of carboxylic acid groups (broad SMARTS) is 1. The SMILES string of the molecule is Cc1c(-c2cnc3ccccn23)sc(C(=O)O)c1OCc1ccccc1. The monoisotopic (exact) mass is 364 g/mol. The molecule has 4 rings (SSSR count). The zero-order chi connectivity index (χ0) is 18.1. The Morgan fingerprint density at radius 3 is 2.73 bits per heavy atom. The molecule has 0 atom stereocenters. The van der Waals surface area contributed by atoms with E-state index in [0.29, 0.717) is 12.4 Å². The number of hydrogen-bond acceptors (Lipinski definition) is 4. The van der Waals surface area contributed by atoms with Crippen LogP contribution < -0.4 is 4.74 Å². The summed E-state index contributed by atoms with van der Waals surface area (Å²) in [5.74, 6) is -0.562. The summed E-state index contributed by atoms with van der Waals surface area (Å²) in [6, 6.07) is 15.5. The zero-order valence-electron chi connectivity index (χ0n) is 14.0. The van der Waals surface area contributed by atoms with Crippen LogP contribution in [0.3, 0.4) is 0 Å². The second-order valence-corrected chi connectivity index (χ2v) is 6.89. The predicted molar refractivity (Wildman–Crippen MR) is 101 cm³/mol. The van der Waals surface area contributed by atoms with Crippen LogP contribution in [-0.2, 0) is 6.61 Å². The van der Waals surface area contributed by atoms with E-state index < -0.39 is 5.97 Å². The summed E-state index contributed by atoms with van der Waals surface area (Å²) in [6.07, 6.45) is 3.68. The van der Waals surface area contributed by atoms with E-state index in [-0.39, 0.29) is 4.88 Å². The number of ether oxygens (including phenoxy) is 1. The number of fused-ring (bicyclic) bond motifs is 1. The lowest BCUT2D eigenvalue weighted by Crippen LogP contribution is -2.01. The van der Waals surface area contributed by atoms with Crippen LogP contribution in [0.4, 0.5) is 0 Å². The topological polar surface area (TPSA) is 63.8 Å². The molecule has 130 valence electrons. The van der Waals surface area contributed by atoms with Crippen LogP contribution in [0.2, 0.25) is 0 Å². The average Bonchev–Trinajstić information content (AvgIpc) is 3.22. The van der Waals surface area contributed by atoms with Gasteiger partial charge in [0, 0.05) is 11.8 Å². The fourth-order valence-corrected chi connectivity index (χ4v) is 3.99. The lowest BCUT2D eigenvalue weighted by Gasteiger charge is -2.07. The van der Waals surface area contributed by atoms with Crippen molar-refractivity contribution in [3.8, 4) is 16.3 Å². The molecule has 4 aromatic rings. The Morgan fingerprint density at radius 1 is 1.19 bits per heavy atom. The Hall–Kier alpha value is -3.12. The molecule has 3 aromatic heterocycles. The molecule has 0 fully saturated rings. The number of rotatable bonds is 5. The second-order valence-electron chi connectivity index (χ2n) is 5.87. The molecular weight excluding hydrogens is 348 g/mol. The highest BCUT2D eigenvalue weighted by Gasteiger charge is 2.24. The fourth-order valence-electron chi connectivity index (χ4n) is 2.89. The van der Waals surface area contributed by atoms with E-state index >= 15 is 0 Å². The van der Waals surface area contributed by atoms with Gasteiger partial charge in [-0.15, -0.1) is 11.3 Å². The van der Waals surface area contributed by atoms with Crippen molar-refractivity contribution in [2.24, 2.45) is 0 Å². The molecule has 1 aromatic carbocycles. The largest absolute Gasteiger partial charge is 0.487 e. The number of benzene rings is 1. The first-order valence-electron chi connectivity index (χ1n) is 8.11. The number of aromatic nitrogens is 2. The van der Waals surface area contributed by atoms with E-state index in [9.17, 15) is 9.90 Å². The van der Waals surface area contributed by atoms with Gasteiger partial charge in [-0.2, -0.15) is 0 Å². The van der Waals surface area contributed by atoms with Gasteiger partial charge in [-0.3, -0.25) is 4.40 Å². The molecule has 26 heavy (non-hydrogen) atoms. The maximum atomic E-state index is 11.7. The third-order valence-corrected chi connectivity index (χ3v) is 5.45. The molecule has 0 saturated heterocycles. The molecule has 0 aliphatic carbocycles. The molecule has 0 aliphatic rings. The summed E-state index contributed by atoms with van der Waals surface area (Å²) >= 11 is 1.22. The lowest BCUT2D eigenvalue weighted by molar-refractivity contribution is 0.0697. The minimum absolute atomic E-state index is 0.208. The molecule has 3 heterocycles. The van der Waals surface area contributed by atoms with Crippen LogP contribution in [-0.4, -0.2) is 20.5 Å². The molecule has 0 amide bonds. The van der Waals surface area contributed by atoms with Gasteiger partial charge in [0.1, 0.15) is 18.0 Å². The summed E-state index contributed by atoms with van der Waals surface area (Å²) in [5.41, 5.74) is 3.49. The van der Waals surface area contributed by atoms with Gasteiger partial charge in [0.05, 0.1) is 16.8 Å². The summed E-state index contributed by atoms with van der Waals surface area (Å²) in [7, 11) is 0. The highest BCUT2D eigenvalue weighted by molar-refractivity contribution is 7.17. The van der Waals surface area contributed by atoms with Crippen molar-refractivity contribution in [2.45, 2.75) is 13.5 Å².